The molecule has 0 amide bonds. The van der Waals surface area contributed by atoms with Gasteiger partial charge in [-0.15, -0.1) is 12.6 Å². The van der Waals surface area contributed by atoms with E-state index in [1.165, 1.54) is 32.1 Å². The maximum absolute atomic E-state index is 4.36. The van der Waals surface area contributed by atoms with E-state index in [1.807, 2.05) is 30.3 Å². The minimum absolute atomic E-state index is 0.730. The van der Waals surface area contributed by atoms with E-state index >= 15 is 0 Å². The zero-order valence-electron chi connectivity index (χ0n) is 8.39. The first-order valence-electron chi connectivity index (χ1n) is 5.21. The fourth-order valence-corrected chi connectivity index (χ4v) is 2.05. The van der Waals surface area contributed by atoms with E-state index in [-0.39, 0.29) is 0 Å². The Labute approximate surface area is 97.9 Å². The Kier molecular flexibility index (Phi) is 6.20. The molecule has 0 aliphatic heterocycles. The van der Waals surface area contributed by atoms with Crippen molar-refractivity contribution in [2.45, 2.75) is 42.2 Å². The summed E-state index contributed by atoms with van der Waals surface area (Å²) in [4.78, 5) is 1.02. The first-order valence-corrected chi connectivity index (χ1v) is 6.17. The van der Waals surface area contributed by atoms with Crippen molar-refractivity contribution in [1.82, 2.24) is 0 Å². The van der Waals surface area contributed by atoms with Crippen molar-refractivity contribution in [3.63, 3.8) is 0 Å². The van der Waals surface area contributed by atoms with Crippen LogP contribution >= 0.6 is 25.3 Å². The average Bonchev–Trinajstić information content (AvgIpc) is 2.21. The lowest BCUT2D eigenvalue weighted by Gasteiger charge is -2.14. The highest BCUT2D eigenvalue weighted by Gasteiger charge is 2.06. The molecule has 1 aliphatic carbocycles. The predicted molar refractivity (Wildman–Crippen MR) is 69.6 cm³/mol. The van der Waals surface area contributed by atoms with E-state index in [1.54, 1.807) is 0 Å². The number of hydrogen-bond acceptors (Lipinski definition) is 2. The smallest absolute Gasteiger partial charge is 0.00399 e. The second kappa shape index (κ2) is 7.24. The molecule has 0 bridgehead atoms. The molecule has 0 spiro atoms. The summed E-state index contributed by atoms with van der Waals surface area (Å²) < 4.78 is 0. The van der Waals surface area contributed by atoms with Crippen LogP contribution in [0.25, 0.3) is 0 Å². The number of hydrogen-bond donors (Lipinski definition) is 2. The molecule has 78 valence electrons. The fourth-order valence-electron chi connectivity index (χ4n) is 1.51. The molecule has 2 heteroatoms. The molecule has 1 fully saturated rings. The van der Waals surface area contributed by atoms with Gasteiger partial charge in [0, 0.05) is 10.1 Å². The Bertz CT molecular complexity index is 227. The van der Waals surface area contributed by atoms with Crippen LogP contribution in [0.5, 0.6) is 0 Å². The highest BCUT2D eigenvalue weighted by molar-refractivity contribution is 7.81. The summed E-state index contributed by atoms with van der Waals surface area (Å²) in [7, 11) is 0. The zero-order valence-corrected chi connectivity index (χ0v) is 10.2. The van der Waals surface area contributed by atoms with Crippen LogP contribution in [0.3, 0.4) is 0 Å². The van der Waals surface area contributed by atoms with Crippen LogP contribution in [0.15, 0.2) is 35.2 Å². The lowest BCUT2D eigenvalue weighted by Crippen LogP contribution is -2.03. The third kappa shape index (κ3) is 5.61. The van der Waals surface area contributed by atoms with Gasteiger partial charge in [-0.05, 0) is 25.0 Å². The Balaban J connectivity index is 0.000000140. The van der Waals surface area contributed by atoms with Gasteiger partial charge in [0.05, 0.1) is 0 Å². The van der Waals surface area contributed by atoms with Crippen molar-refractivity contribution >= 4 is 25.3 Å². The summed E-state index contributed by atoms with van der Waals surface area (Å²) in [5.41, 5.74) is 0. The average molecular weight is 226 g/mol. The maximum Gasteiger partial charge on any atom is 0.00399 e. The third-order valence-electron chi connectivity index (χ3n) is 2.33. The largest absolute Gasteiger partial charge is 0.176 e. The Hall–Kier alpha value is -0.0800. The normalized spacial score (nSPS) is 17.0. The summed E-state index contributed by atoms with van der Waals surface area (Å²) in [5, 5.41) is 0.730. The van der Waals surface area contributed by atoms with Crippen LogP contribution in [0, 0.1) is 0 Å². The van der Waals surface area contributed by atoms with E-state index in [4.69, 9.17) is 0 Å². The molecule has 0 atom stereocenters. The van der Waals surface area contributed by atoms with Gasteiger partial charge in [0.2, 0.25) is 0 Å². The molecule has 0 radical (unpaired) electrons. The van der Waals surface area contributed by atoms with Gasteiger partial charge in [-0.3, -0.25) is 0 Å². The van der Waals surface area contributed by atoms with E-state index in [2.05, 4.69) is 25.3 Å². The van der Waals surface area contributed by atoms with Gasteiger partial charge in [-0.25, -0.2) is 0 Å². The van der Waals surface area contributed by atoms with Gasteiger partial charge in [0.25, 0.3) is 0 Å². The third-order valence-corrected chi connectivity index (χ3v) is 3.15. The van der Waals surface area contributed by atoms with Gasteiger partial charge >= 0.3 is 0 Å². The lowest BCUT2D eigenvalue weighted by molar-refractivity contribution is 0.518. The van der Waals surface area contributed by atoms with Crippen molar-refractivity contribution in [3.8, 4) is 0 Å². The van der Waals surface area contributed by atoms with Gasteiger partial charge in [-0.2, -0.15) is 12.6 Å². The highest BCUT2D eigenvalue weighted by Crippen LogP contribution is 2.21. The molecule has 0 aromatic heterocycles. The van der Waals surface area contributed by atoms with Crippen molar-refractivity contribution in [1.29, 1.82) is 0 Å². The zero-order chi connectivity index (χ0) is 10.2. The molecule has 0 unspecified atom stereocenters. The van der Waals surface area contributed by atoms with Crippen LogP contribution in [0.1, 0.15) is 32.1 Å². The van der Waals surface area contributed by atoms with Gasteiger partial charge in [-0.1, -0.05) is 37.5 Å². The van der Waals surface area contributed by atoms with Crippen LogP contribution in [0.2, 0.25) is 0 Å². The van der Waals surface area contributed by atoms with Gasteiger partial charge < -0.3 is 0 Å². The van der Waals surface area contributed by atoms with Crippen molar-refractivity contribution in [3.05, 3.63) is 30.3 Å². The van der Waals surface area contributed by atoms with Crippen molar-refractivity contribution in [2.24, 2.45) is 0 Å². The van der Waals surface area contributed by atoms with Crippen molar-refractivity contribution in [2.75, 3.05) is 0 Å². The molecular weight excluding hydrogens is 208 g/mol. The Morgan fingerprint density at radius 2 is 1.50 bits per heavy atom. The summed E-state index contributed by atoms with van der Waals surface area (Å²) in [5.74, 6) is 0. The molecule has 0 nitrogen and oxygen atoms in total. The first-order chi connectivity index (χ1) is 6.79. The molecule has 1 aromatic carbocycles. The standard InChI is InChI=1S/C6H12S.C6H6S/c2*7-6-4-2-1-3-5-6/h6-7H,1-5H2;1-5,7H. The number of benzene rings is 1. The van der Waals surface area contributed by atoms with Gasteiger partial charge in [0.1, 0.15) is 0 Å². The molecule has 0 N–H and O–H groups in total. The van der Waals surface area contributed by atoms with Crippen LogP contribution in [0.4, 0.5) is 0 Å². The minimum atomic E-state index is 0.730. The second-order valence-electron chi connectivity index (χ2n) is 3.63. The van der Waals surface area contributed by atoms with E-state index in [0.717, 1.165) is 10.1 Å². The van der Waals surface area contributed by atoms with E-state index < -0.39 is 0 Å². The van der Waals surface area contributed by atoms with E-state index in [0.29, 0.717) is 0 Å². The number of thiol groups is 2. The second-order valence-corrected chi connectivity index (χ2v) is 4.87. The van der Waals surface area contributed by atoms with Crippen LogP contribution in [-0.2, 0) is 0 Å². The maximum atomic E-state index is 4.36. The van der Waals surface area contributed by atoms with Crippen molar-refractivity contribution < 1.29 is 0 Å². The molecule has 1 aliphatic rings. The molecule has 1 saturated carbocycles. The summed E-state index contributed by atoms with van der Waals surface area (Å²) in [6.07, 6.45) is 6.96. The topological polar surface area (TPSA) is 0 Å². The summed E-state index contributed by atoms with van der Waals surface area (Å²) in [6, 6.07) is 9.79. The Morgan fingerprint density at radius 3 is 1.79 bits per heavy atom. The summed E-state index contributed by atoms with van der Waals surface area (Å²) >= 11 is 8.45. The fraction of sp³-hybridized carbons (Fsp3) is 0.500. The van der Waals surface area contributed by atoms with Crippen LogP contribution < -0.4 is 0 Å². The molecule has 0 saturated heterocycles. The Morgan fingerprint density at radius 1 is 0.929 bits per heavy atom. The van der Waals surface area contributed by atoms with Crippen LogP contribution in [-0.4, -0.2) is 5.25 Å². The number of rotatable bonds is 0. The molecule has 2 rings (SSSR count). The first kappa shape index (κ1) is 12.0. The van der Waals surface area contributed by atoms with Gasteiger partial charge in [0.15, 0.2) is 0 Å². The SMILES string of the molecule is SC1CCCCC1.Sc1ccccc1. The van der Waals surface area contributed by atoms with E-state index in [9.17, 15) is 0 Å². The monoisotopic (exact) mass is 226 g/mol. The highest BCUT2D eigenvalue weighted by atomic mass is 32.1. The predicted octanol–water partition coefficient (Wildman–Crippen LogP) is 4.22. The summed E-state index contributed by atoms with van der Waals surface area (Å²) in [6.45, 7) is 0. The lowest BCUT2D eigenvalue weighted by atomic mass is 10.0. The molecule has 14 heavy (non-hydrogen) atoms. The quantitative estimate of drug-likeness (QED) is 0.608. The molecule has 0 heterocycles. The molecule has 1 aromatic rings. The minimum Gasteiger partial charge on any atom is -0.176 e. The molecular formula is C12H18S2.